The molecule has 1 N–H and O–H groups in total. The fourth-order valence-electron chi connectivity index (χ4n) is 3.93. The van der Waals surface area contributed by atoms with Crippen molar-refractivity contribution < 1.29 is 18.9 Å². The molecular formula is C21H24ClNO4. The molecule has 5 rings (SSSR count). The van der Waals surface area contributed by atoms with Crippen LogP contribution in [0.3, 0.4) is 0 Å². The third-order valence-electron chi connectivity index (χ3n) is 5.48. The Morgan fingerprint density at radius 2 is 1.15 bits per heavy atom. The van der Waals surface area contributed by atoms with Crippen molar-refractivity contribution in [2.45, 2.75) is 44.2 Å². The largest absolute Gasteiger partial charge is 0.454 e. The van der Waals surface area contributed by atoms with E-state index in [1.807, 2.05) is 12.1 Å². The molecule has 2 aromatic carbocycles. The molecule has 6 heteroatoms. The predicted octanol–water partition coefficient (Wildman–Crippen LogP) is 3.86. The molecule has 1 saturated heterocycles. The van der Waals surface area contributed by atoms with E-state index < -0.39 is 0 Å². The molecule has 0 saturated carbocycles. The van der Waals surface area contributed by atoms with Gasteiger partial charge in [0.05, 0.1) is 0 Å². The lowest BCUT2D eigenvalue weighted by Crippen LogP contribution is -2.52. The number of hydrogen-bond acceptors (Lipinski definition) is 5. The summed E-state index contributed by atoms with van der Waals surface area (Å²) in [5.41, 5.74) is 2.64. The van der Waals surface area contributed by atoms with Crippen LogP contribution < -0.4 is 24.3 Å². The Morgan fingerprint density at radius 1 is 0.704 bits per heavy atom. The zero-order valence-electron chi connectivity index (χ0n) is 15.1. The molecule has 0 unspecified atom stereocenters. The maximum Gasteiger partial charge on any atom is 0.231 e. The molecule has 2 atom stereocenters. The van der Waals surface area contributed by atoms with E-state index in [9.17, 15) is 0 Å². The summed E-state index contributed by atoms with van der Waals surface area (Å²) >= 11 is 0. The smallest absolute Gasteiger partial charge is 0.231 e. The van der Waals surface area contributed by atoms with Crippen molar-refractivity contribution in [3.8, 4) is 23.0 Å². The second-order valence-electron chi connectivity index (χ2n) is 7.25. The number of fused-ring (bicyclic) bond motifs is 2. The molecule has 2 aromatic rings. The minimum Gasteiger partial charge on any atom is -0.454 e. The van der Waals surface area contributed by atoms with E-state index in [-0.39, 0.29) is 12.4 Å². The number of nitrogens with one attached hydrogen (secondary N) is 1. The number of ether oxygens (including phenoxy) is 4. The van der Waals surface area contributed by atoms with E-state index in [1.54, 1.807) is 0 Å². The number of hydrogen-bond donors (Lipinski definition) is 1. The van der Waals surface area contributed by atoms with Crippen molar-refractivity contribution in [1.82, 2.24) is 5.32 Å². The highest BCUT2D eigenvalue weighted by Gasteiger charge is 2.27. The quantitative estimate of drug-likeness (QED) is 0.812. The van der Waals surface area contributed by atoms with Crippen LogP contribution in [0.1, 0.15) is 30.4 Å². The number of aryl methyl sites for hydroxylation is 2. The first-order valence-electron chi connectivity index (χ1n) is 9.36. The van der Waals surface area contributed by atoms with Crippen molar-refractivity contribution >= 4 is 12.4 Å². The van der Waals surface area contributed by atoms with Gasteiger partial charge in [-0.3, -0.25) is 0 Å². The van der Waals surface area contributed by atoms with Crippen molar-refractivity contribution in [3.05, 3.63) is 47.5 Å². The third kappa shape index (κ3) is 3.94. The Labute approximate surface area is 165 Å². The fourth-order valence-corrected chi connectivity index (χ4v) is 3.93. The molecular weight excluding hydrogens is 366 g/mol. The first-order chi connectivity index (χ1) is 12.8. The highest BCUT2D eigenvalue weighted by atomic mass is 35.5. The van der Waals surface area contributed by atoms with E-state index in [0.717, 1.165) is 35.8 Å². The zero-order chi connectivity index (χ0) is 17.3. The van der Waals surface area contributed by atoms with Gasteiger partial charge in [-0.05, 0) is 67.5 Å². The first-order valence-corrected chi connectivity index (χ1v) is 9.36. The SMILES string of the molecule is Cl.c1cc2c(cc1CC[C@@H]1C[C@H](CCc3ccc4c(c3)OCO4)N1)OCO2. The average Bonchev–Trinajstić information content (AvgIpc) is 3.27. The van der Waals surface area contributed by atoms with E-state index in [4.69, 9.17) is 18.9 Å². The summed E-state index contributed by atoms with van der Waals surface area (Å²) in [5.74, 6) is 3.48. The second kappa shape index (κ2) is 7.87. The Bertz CT molecular complexity index is 741. The highest BCUT2D eigenvalue weighted by molar-refractivity contribution is 5.85. The molecule has 3 aliphatic heterocycles. The number of benzene rings is 2. The Hall–Kier alpha value is -2.11. The molecule has 0 aromatic heterocycles. The molecule has 27 heavy (non-hydrogen) atoms. The Morgan fingerprint density at radius 3 is 1.63 bits per heavy atom. The lowest BCUT2D eigenvalue weighted by molar-refractivity contribution is 0.173. The van der Waals surface area contributed by atoms with Crippen LogP contribution >= 0.6 is 12.4 Å². The van der Waals surface area contributed by atoms with Crippen molar-refractivity contribution in [2.24, 2.45) is 0 Å². The van der Waals surface area contributed by atoms with Crippen molar-refractivity contribution in [1.29, 1.82) is 0 Å². The Balaban J connectivity index is 0.00000180. The summed E-state index contributed by atoms with van der Waals surface area (Å²) in [6.45, 7) is 0.683. The molecule has 0 radical (unpaired) electrons. The zero-order valence-corrected chi connectivity index (χ0v) is 15.9. The lowest BCUT2D eigenvalue weighted by atomic mass is 9.88. The number of rotatable bonds is 6. The second-order valence-corrected chi connectivity index (χ2v) is 7.25. The Kier molecular flexibility index (Phi) is 5.32. The molecule has 0 bridgehead atoms. The van der Waals surface area contributed by atoms with Crippen LogP contribution in [0.4, 0.5) is 0 Å². The van der Waals surface area contributed by atoms with Gasteiger partial charge in [-0.15, -0.1) is 12.4 Å². The van der Waals surface area contributed by atoms with Gasteiger partial charge < -0.3 is 24.3 Å². The number of halogens is 1. The van der Waals surface area contributed by atoms with E-state index in [0.29, 0.717) is 25.7 Å². The summed E-state index contributed by atoms with van der Waals surface area (Å²) in [5, 5.41) is 3.71. The van der Waals surface area contributed by atoms with Crippen LogP contribution in [0, 0.1) is 0 Å². The molecule has 5 nitrogen and oxygen atoms in total. The standard InChI is InChI=1S/C21H23NO4.ClH/c1(14-3-7-18-20(9-14)25-12-23-18)5-16-11-17(22-16)6-2-15-4-8-19-21(10-15)26-13-24-19;/h3-4,7-10,16-17,22H,1-2,5-6,11-13H2;1H/t16-,17+;. The topological polar surface area (TPSA) is 49.0 Å². The summed E-state index contributed by atoms with van der Waals surface area (Å²) in [6.07, 6.45) is 5.74. The van der Waals surface area contributed by atoms with Gasteiger partial charge in [0.15, 0.2) is 23.0 Å². The van der Waals surface area contributed by atoms with Gasteiger partial charge in [-0.1, -0.05) is 12.1 Å². The van der Waals surface area contributed by atoms with Gasteiger partial charge in [0.2, 0.25) is 13.6 Å². The van der Waals surface area contributed by atoms with Gasteiger partial charge in [0.1, 0.15) is 0 Å². The minimum absolute atomic E-state index is 0. The summed E-state index contributed by atoms with van der Waals surface area (Å²) in [6, 6.07) is 13.8. The molecule has 1 fully saturated rings. The molecule has 0 spiro atoms. The average molecular weight is 390 g/mol. The minimum atomic E-state index is 0. The normalized spacial score (nSPS) is 21.5. The van der Waals surface area contributed by atoms with E-state index in [2.05, 4.69) is 29.6 Å². The van der Waals surface area contributed by atoms with Crippen LogP contribution in [0.2, 0.25) is 0 Å². The third-order valence-corrected chi connectivity index (χ3v) is 5.48. The van der Waals surface area contributed by atoms with E-state index in [1.165, 1.54) is 30.4 Å². The maximum atomic E-state index is 5.45. The van der Waals surface area contributed by atoms with Crippen LogP contribution in [0.15, 0.2) is 36.4 Å². The van der Waals surface area contributed by atoms with E-state index >= 15 is 0 Å². The maximum absolute atomic E-state index is 5.45. The van der Waals surface area contributed by atoms with Crippen LogP contribution in [0.25, 0.3) is 0 Å². The van der Waals surface area contributed by atoms with Gasteiger partial charge in [-0.2, -0.15) is 0 Å². The van der Waals surface area contributed by atoms with Gasteiger partial charge >= 0.3 is 0 Å². The molecule has 0 aliphatic carbocycles. The molecule has 3 aliphatic rings. The predicted molar refractivity (Wildman–Crippen MR) is 104 cm³/mol. The van der Waals surface area contributed by atoms with Crippen LogP contribution in [-0.2, 0) is 12.8 Å². The monoisotopic (exact) mass is 389 g/mol. The first kappa shape index (κ1) is 18.3. The van der Waals surface area contributed by atoms with Crippen molar-refractivity contribution in [3.63, 3.8) is 0 Å². The molecule has 144 valence electrons. The molecule has 3 heterocycles. The molecule has 0 amide bonds. The summed E-state index contributed by atoms with van der Waals surface area (Å²) < 4.78 is 21.6. The van der Waals surface area contributed by atoms with Crippen molar-refractivity contribution in [2.75, 3.05) is 13.6 Å². The summed E-state index contributed by atoms with van der Waals surface area (Å²) in [7, 11) is 0. The van der Waals surface area contributed by atoms with Gasteiger partial charge in [0.25, 0.3) is 0 Å². The van der Waals surface area contributed by atoms with Gasteiger partial charge in [0, 0.05) is 12.1 Å². The summed E-state index contributed by atoms with van der Waals surface area (Å²) in [4.78, 5) is 0. The fraction of sp³-hybridized carbons (Fsp3) is 0.429. The van der Waals surface area contributed by atoms with Crippen LogP contribution in [-0.4, -0.2) is 25.7 Å². The van der Waals surface area contributed by atoms with Crippen LogP contribution in [0.5, 0.6) is 23.0 Å². The highest BCUT2D eigenvalue weighted by Crippen LogP contribution is 2.34. The lowest BCUT2D eigenvalue weighted by Gasteiger charge is -2.37. The van der Waals surface area contributed by atoms with Gasteiger partial charge in [-0.25, -0.2) is 0 Å².